The first-order valence-corrected chi connectivity index (χ1v) is 9.07. The average Bonchev–Trinajstić information content (AvgIpc) is 2.44. The minimum atomic E-state index is 0.626. The number of morpholine rings is 1. The van der Waals surface area contributed by atoms with Gasteiger partial charge in [-0.2, -0.15) is 11.8 Å². The number of nitrogens with zero attached hydrogens (tertiary/aromatic N) is 2. The maximum atomic E-state index is 5.71. The van der Waals surface area contributed by atoms with Gasteiger partial charge in [-0.3, -0.25) is 0 Å². The lowest BCUT2D eigenvalue weighted by atomic mass is 10.1. The lowest BCUT2D eigenvalue weighted by molar-refractivity contribution is -0.129. The van der Waals surface area contributed by atoms with Crippen LogP contribution in [0.15, 0.2) is 0 Å². The van der Waals surface area contributed by atoms with Gasteiger partial charge in [-0.25, -0.2) is 10.0 Å². The SMILES string of the molecule is CCCCCCC1COCCN1N1CCSC(C)C1. The summed E-state index contributed by atoms with van der Waals surface area (Å²) >= 11 is 2.11. The second-order valence-corrected chi connectivity index (χ2v) is 7.38. The lowest BCUT2D eigenvalue weighted by Crippen LogP contribution is -2.57. The van der Waals surface area contributed by atoms with E-state index in [1.54, 1.807) is 0 Å². The van der Waals surface area contributed by atoms with Gasteiger partial charge in [0, 0.05) is 36.7 Å². The molecule has 2 rings (SSSR count). The molecule has 112 valence electrons. The lowest BCUT2D eigenvalue weighted by Gasteiger charge is -2.45. The molecule has 0 radical (unpaired) electrons. The van der Waals surface area contributed by atoms with Crippen LogP contribution >= 0.6 is 11.8 Å². The molecular weight excluding hydrogens is 256 g/mol. The molecule has 0 aromatic rings. The minimum Gasteiger partial charge on any atom is -0.378 e. The zero-order valence-corrected chi connectivity index (χ0v) is 13.5. The Labute approximate surface area is 123 Å². The molecule has 2 saturated heterocycles. The van der Waals surface area contributed by atoms with Crippen LogP contribution in [0.3, 0.4) is 0 Å². The fourth-order valence-corrected chi connectivity index (χ4v) is 4.09. The summed E-state index contributed by atoms with van der Waals surface area (Å²) in [6, 6.07) is 0.626. The van der Waals surface area contributed by atoms with Crippen LogP contribution in [0, 0.1) is 0 Å². The maximum absolute atomic E-state index is 5.71. The van der Waals surface area contributed by atoms with Crippen molar-refractivity contribution in [1.82, 2.24) is 10.0 Å². The molecule has 0 aromatic carbocycles. The maximum Gasteiger partial charge on any atom is 0.0636 e. The van der Waals surface area contributed by atoms with Crippen molar-refractivity contribution in [3.8, 4) is 0 Å². The summed E-state index contributed by atoms with van der Waals surface area (Å²) in [5, 5.41) is 6.01. The molecule has 19 heavy (non-hydrogen) atoms. The quantitative estimate of drug-likeness (QED) is 0.697. The van der Waals surface area contributed by atoms with Crippen LogP contribution in [0.2, 0.25) is 0 Å². The molecule has 2 fully saturated rings. The molecule has 0 bridgehead atoms. The smallest absolute Gasteiger partial charge is 0.0636 e. The number of thioether (sulfide) groups is 1. The molecule has 0 N–H and O–H groups in total. The molecular formula is C15H30N2OS. The highest BCUT2D eigenvalue weighted by Crippen LogP contribution is 2.23. The molecule has 2 unspecified atom stereocenters. The molecule has 3 nitrogen and oxygen atoms in total. The Hall–Kier alpha value is 0.230. The van der Waals surface area contributed by atoms with Crippen molar-refractivity contribution >= 4 is 11.8 Å². The van der Waals surface area contributed by atoms with Crippen LogP contribution in [0.4, 0.5) is 0 Å². The van der Waals surface area contributed by atoms with Crippen LogP contribution in [0.5, 0.6) is 0 Å². The molecule has 2 atom stereocenters. The van der Waals surface area contributed by atoms with Gasteiger partial charge in [-0.15, -0.1) is 0 Å². The van der Waals surface area contributed by atoms with Crippen molar-refractivity contribution in [2.24, 2.45) is 0 Å². The van der Waals surface area contributed by atoms with Gasteiger partial charge in [0.25, 0.3) is 0 Å². The number of hydrogen-bond acceptors (Lipinski definition) is 4. The summed E-state index contributed by atoms with van der Waals surface area (Å²) in [6.45, 7) is 10.0. The number of unbranched alkanes of at least 4 members (excludes halogenated alkanes) is 3. The van der Waals surface area contributed by atoms with Gasteiger partial charge in [0.2, 0.25) is 0 Å². The van der Waals surface area contributed by atoms with Gasteiger partial charge in [0.05, 0.1) is 13.2 Å². The first-order chi connectivity index (χ1) is 9.31. The average molecular weight is 286 g/mol. The predicted octanol–water partition coefficient (Wildman–Crippen LogP) is 3.01. The van der Waals surface area contributed by atoms with Gasteiger partial charge < -0.3 is 4.74 Å². The van der Waals surface area contributed by atoms with Crippen LogP contribution in [-0.4, -0.2) is 59.9 Å². The van der Waals surface area contributed by atoms with Crippen molar-refractivity contribution in [3.63, 3.8) is 0 Å². The Bertz CT molecular complexity index is 252. The molecule has 0 aliphatic carbocycles. The number of hydrogen-bond donors (Lipinski definition) is 0. The van der Waals surface area contributed by atoms with Gasteiger partial charge in [-0.05, 0) is 6.42 Å². The summed E-state index contributed by atoms with van der Waals surface area (Å²) in [5.74, 6) is 1.28. The third kappa shape index (κ3) is 4.92. The standard InChI is InChI=1S/C15H30N2OS/c1-3-4-5-6-7-15-13-18-10-8-17(15)16-9-11-19-14(2)12-16/h14-15H,3-13H2,1-2H3. The van der Waals surface area contributed by atoms with E-state index >= 15 is 0 Å². The minimum absolute atomic E-state index is 0.626. The monoisotopic (exact) mass is 286 g/mol. The fourth-order valence-electron chi connectivity index (χ4n) is 3.09. The van der Waals surface area contributed by atoms with Crippen LogP contribution in [-0.2, 0) is 4.74 Å². The first kappa shape index (κ1) is 15.6. The Morgan fingerprint density at radius 1 is 1.21 bits per heavy atom. The van der Waals surface area contributed by atoms with E-state index in [1.165, 1.54) is 50.9 Å². The Balaban J connectivity index is 1.80. The topological polar surface area (TPSA) is 15.7 Å². The molecule has 0 spiro atoms. The number of rotatable bonds is 6. The van der Waals surface area contributed by atoms with E-state index in [2.05, 4.69) is 35.6 Å². The molecule has 0 aromatic heterocycles. The molecule has 2 aliphatic heterocycles. The zero-order chi connectivity index (χ0) is 13.5. The van der Waals surface area contributed by atoms with Crippen LogP contribution in [0.1, 0.15) is 46.0 Å². The second kappa shape index (κ2) is 8.50. The van der Waals surface area contributed by atoms with E-state index in [-0.39, 0.29) is 0 Å². The normalized spacial score (nSPS) is 30.6. The van der Waals surface area contributed by atoms with Crippen molar-refractivity contribution in [2.45, 2.75) is 57.2 Å². The van der Waals surface area contributed by atoms with Gasteiger partial charge in [0.15, 0.2) is 0 Å². The van der Waals surface area contributed by atoms with Crippen molar-refractivity contribution in [3.05, 3.63) is 0 Å². The summed E-state index contributed by atoms with van der Waals surface area (Å²) in [4.78, 5) is 0. The van der Waals surface area contributed by atoms with Crippen molar-refractivity contribution in [2.75, 3.05) is 38.6 Å². The summed E-state index contributed by atoms with van der Waals surface area (Å²) in [6.07, 6.45) is 6.75. The highest BCUT2D eigenvalue weighted by atomic mass is 32.2. The summed E-state index contributed by atoms with van der Waals surface area (Å²) < 4.78 is 5.71. The molecule has 2 aliphatic rings. The van der Waals surface area contributed by atoms with E-state index in [4.69, 9.17) is 4.74 Å². The van der Waals surface area contributed by atoms with E-state index < -0.39 is 0 Å². The third-order valence-corrected chi connectivity index (χ3v) is 5.31. The molecule has 2 heterocycles. The Morgan fingerprint density at radius 3 is 2.89 bits per heavy atom. The van der Waals surface area contributed by atoms with Crippen molar-refractivity contribution < 1.29 is 4.74 Å². The number of ether oxygens (including phenoxy) is 1. The van der Waals surface area contributed by atoms with Crippen LogP contribution < -0.4 is 0 Å². The summed E-state index contributed by atoms with van der Waals surface area (Å²) in [5.41, 5.74) is 0. The summed E-state index contributed by atoms with van der Waals surface area (Å²) in [7, 11) is 0. The molecule has 0 saturated carbocycles. The highest BCUT2D eigenvalue weighted by molar-refractivity contribution is 7.99. The van der Waals surface area contributed by atoms with E-state index in [1.807, 2.05) is 0 Å². The first-order valence-electron chi connectivity index (χ1n) is 8.02. The van der Waals surface area contributed by atoms with E-state index in [0.717, 1.165) is 25.0 Å². The second-order valence-electron chi connectivity index (χ2n) is 5.84. The Kier molecular flexibility index (Phi) is 6.99. The molecule has 4 heteroatoms. The van der Waals surface area contributed by atoms with Crippen LogP contribution in [0.25, 0.3) is 0 Å². The number of hydrazine groups is 1. The van der Waals surface area contributed by atoms with E-state index in [0.29, 0.717) is 6.04 Å². The van der Waals surface area contributed by atoms with Gasteiger partial charge in [0.1, 0.15) is 0 Å². The zero-order valence-electron chi connectivity index (χ0n) is 12.6. The van der Waals surface area contributed by atoms with Crippen molar-refractivity contribution in [1.29, 1.82) is 0 Å². The molecule has 0 amide bonds. The largest absolute Gasteiger partial charge is 0.378 e. The fraction of sp³-hybridized carbons (Fsp3) is 1.00. The van der Waals surface area contributed by atoms with Gasteiger partial charge >= 0.3 is 0 Å². The highest BCUT2D eigenvalue weighted by Gasteiger charge is 2.30. The predicted molar refractivity (Wildman–Crippen MR) is 83.6 cm³/mol. The Morgan fingerprint density at radius 2 is 2.11 bits per heavy atom. The van der Waals surface area contributed by atoms with Gasteiger partial charge in [-0.1, -0.05) is 39.5 Å². The van der Waals surface area contributed by atoms with E-state index in [9.17, 15) is 0 Å². The third-order valence-electron chi connectivity index (χ3n) is 4.17.